The van der Waals surface area contributed by atoms with Crippen molar-refractivity contribution in [1.29, 1.82) is 0 Å². The van der Waals surface area contributed by atoms with E-state index >= 15 is 0 Å². The highest BCUT2D eigenvalue weighted by Crippen LogP contribution is 2.01. The third-order valence-electron chi connectivity index (χ3n) is 2.13. The van der Waals surface area contributed by atoms with Crippen LogP contribution < -0.4 is 10.6 Å². The van der Waals surface area contributed by atoms with Gasteiger partial charge in [-0.25, -0.2) is 4.39 Å². The Hall–Kier alpha value is -1.95. The minimum Gasteiger partial charge on any atom is -0.392 e. The number of aliphatic hydroxyl groups is 1. The van der Waals surface area contributed by atoms with Crippen molar-refractivity contribution in [2.24, 2.45) is 0 Å². The van der Waals surface area contributed by atoms with E-state index in [1.807, 2.05) is 0 Å². The molecular formula is C12H15FN2O3. The second-order valence-corrected chi connectivity index (χ2v) is 3.87. The van der Waals surface area contributed by atoms with E-state index in [4.69, 9.17) is 5.11 Å². The van der Waals surface area contributed by atoms with E-state index in [2.05, 4.69) is 10.6 Å². The number of hydrogen-bond donors (Lipinski definition) is 3. The summed E-state index contributed by atoms with van der Waals surface area (Å²) in [5, 5.41) is 13.6. The van der Waals surface area contributed by atoms with E-state index in [9.17, 15) is 14.0 Å². The van der Waals surface area contributed by atoms with Gasteiger partial charge in [0.05, 0.1) is 6.10 Å². The molecular weight excluding hydrogens is 239 g/mol. The zero-order valence-electron chi connectivity index (χ0n) is 9.94. The fraction of sp³-hybridized carbons (Fsp3) is 0.333. The highest BCUT2D eigenvalue weighted by Gasteiger charge is 2.12. The largest absolute Gasteiger partial charge is 0.392 e. The van der Waals surface area contributed by atoms with E-state index < -0.39 is 17.9 Å². The molecule has 1 rings (SSSR count). The topological polar surface area (TPSA) is 78.4 Å². The molecule has 0 heterocycles. The number of carbonyl (C=O) groups excluding carboxylic acids is 2. The number of benzene rings is 1. The number of rotatable bonds is 4. The molecule has 0 bridgehead atoms. The standard InChI is InChI=1S/C12H15FN2O3/c1-8(16)6-14-11(17)12(18)15-7-9-2-4-10(13)5-3-9/h2-5,8,16H,6-7H2,1H3,(H,14,17)(H,15,18)/t8-/m1/s1. The lowest BCUT2D eigenvalue weighted by molar-refractivity contribution is -0.139. The number of amides is 2. The summed E-state index contributed by atoms with van der Waals surface area (Å²) in [6.07, 6.45) is -0.709. The SMILES string of the molecule is C[C@@H](O)CNC(=O)C(=O)NCc1ccc(F)cc1. The van der Waals surface area contributed by atoms with Crippen LogP contribution in [0.5, 0.6) is 0 Å². The number of carbonyl (C=O) groups is 2. The normalized spacial score (nSPS) is 11.7. The molecule has 5 nitrogen and oxygen atoms in total. The van der Waals surface area contributed by atoms with Crippen molar-refractivity contribution >= 4 is 11.8 Å². The monoisotopic (exact) mass is 254 g/mol. The van der Waals surface area contributed by atoms with E-state index in [-0.39, 0.29) is 18.9 Å². The third kappa shape index (κ3) is 4.92. The summed E-state index contributed by atoms with van der Waals surface area (Å²) < 4.78 is 12.6. The first-order valence-corrected chi connectivity index (χ1v) is 5.47. The van der Waals surface area contributed by atoms with Crippen LogP contribution in [0, 0.1) is 5.82 Å². The van der Waals surface area contributed by atoms with Crippen molar-refractivity contribution in [1.82, 2.24) is 10.6 Å². The fourth-order valence-electron chi connectivity index (χ4n) is 1.19. The molecule has 0 fully saturated rings. The zero-order chi connectivity index (χ0) is 13.5. The molecule has 0 aromatic heterocycles. The van der Waals surface area contributed by atoms with Gasteiger partial charge in [0.2, 0.25) is 0 Å². The van der Waals surface area contributed by atoms with Crippen LogP contribution in [0.15, 0.2) is 24.3 Å². The van der Waals surface area contributed by atoms with Crippen molar-refractivity contribution in [3.63, 3.8) is 0 Å². The molecule has 0 aliphatic rings. The molecule has 1 aromatic carbocycles. The van der Waals surface area contributed by atoms with Gasteiger partial charge in [-0.3, -0.25) is 9.59 Å². The number of hydrogen-bond acceptors (Lipinski definition) is 3. The quantitative estimate of drug-likeness (QED) is 0.659. The maximum absolute atomic E-state index is 12.6. The lowest BCUT2D eigenvalue weighted by Gasteiger charge is -2.07. The summed E-state index contributed by atoms with van der Waals surface area (Å²) in [6.45, 7) is 1.65. The van der Waals surface area contributed by atoms with Gasteiger partial charge in [-0.2, -0.15) is 0 Å². The highest BCUT2D eigenvalue weighted by molar-refractivity contribution is 6.35. The Kier molecular flexibility index (Phi) is 5.26. The molecule has 0 unspecified atom stereocenters. The van der Waals surface area contributed by atoms with Crippen LogP contribution >= 0.6 is 0 Å². The molecule has 0 aliphatic heterocycles. The minimum atomic E-state index is -0.807. The Morgan fingerprint density at radius 2 is 1.78 bits per heavy atom. The molecule has 18 heavy (non-hydrogen) atoms. The Morgan fingerprint density at radius 1 is 1.22 bits per heavy atom. The molecule has 1 aromatic rings. The van der Waals surface area contributed by atoms with Gasteiger partial charge in [-0.05, 0) is 24.6 Å². The van der Waals surface area contributed by atoms with E-state index in [1.54, 1.807) is 0 Å². The van der Waals surface area contributed by atoms with Gasteiger partial charge in [-0.1, -0.05) is 12.1 Å². The summed E-state index contributed by atoms with van der Waals surface area (Å²) >= 11 is 0. The van der Waals surface area contributed by atoms with Crippen LogP contribution in [0.25, 0.3) is 0 Å². The fourth-order valence-corrected chi connectivity index (χ4v) is 1.19. The Morgan fingerprint density at radius 3 is 2.33 bits per heavy atom. The van der Waals surface area contributed by atoms with Crippen LogP contribution in [0.1, 0.15) is 12.5 Å². The summed E-state index contributed by atoms with van der Waals surface area (Å²) in [5.41, 5.74) is 0.688. The Labute approximate surface area is 104 Å². The van der Waals surface area contributed by atoms with Gasteiger partial charge < -0.3 is 15.7 Å². The summed E-state index contributed by atoms with van der Waals surface area (Å²) in [5.74, 6) is -1.96. The molecule has 3 N–H and O–H groups in total. The minimum absolute atomic E-state index is 0.0167. The van der Waals surface area contributed by atoms with E-state index in [0.717, 1.165) is 0 Å². The summed E-state index contributed by atoms with van der Waals surface area (Å²) in [7, 11) is 0. The molecule has 2 amide bonds. The average Bonchev–Trinajstić information content (AvgIpc) is 2.34. The van der Waals surface area contributed by atoms with Crippen LogP contribution in [0.4, 0.5) is 4.39 Å². The molecule has 0 spiro atoms. The lowest BCUT2D eigenvalue weighted by atomic mass is 10.2. The molecule has 1 atom stereocenters. The van der Waals surface area contributed by atoms with Crippen LogP contribution in [0.2, 0.25) is 0 Å². The number of halogens is 1. The van der Waals surface area contributed by atoms with Gasteiger partial charge in [0.15, 0.2) is 0 Å². The average molecular weight is 254 g/mol. The first-order chi connectivity index (χ1) is 8.49. The molecule has 0 saturated heterocycles. The maximum Gasteiger partial charge on any atom is 0.309 e. The number of nitrogens with one attached hydrogen (secondary N) is 2. The predicted molar refractivity (Wildman–Crippen MR) is 62.9 cm³/mol. The van der Waals surface area contributed by atoms with Gasteiger partial charge >= 0.3 is 11.8 Å². The van der Waals surface area contributed by atoms with Crippen molar-refractivity contribution in [3.8, 4) is 0 Å². The molecule has 6 heteroatoms. The smallest absolute Gasteiger partial charge is 0.309 e. The molecule has 0 aliphatic carbocycles. The summed E-state index contributed by atoms with van der Waals surface area (Å²) in [4.78, 5) is 22.5. The first-order valence-electron chi connectivity index (χ1n) is 5.47. The number of aliphatic hydroxyl groups excluding tert-OH is 1. The Bertz CT molecular complexity index is 418. The molecule has 0 radical (unpaired) electrons. The van der Waals surface area contributed by atoms with Crippen molar-refractivity contribution < 1.29 is 19.1 Å². The third-order valence-corrected chi connectivity index (χ3v) is 2.13. The second kappa shape index (κ2) is 6.70. The Balaban J connectivity index is 2.36. The summed E-state index contributed by atoms with van der Waals surface area (Å²) in [6, 6.07) is 5.58. The van der Waals surface area contributed by atoms with Crippen LogP contribution in [0.3, 0.4) is 0 Å². The van der Waals surface area contributed by atoms with Crippen molar-refractivity contribution in [3.05, 3.63) is 35.6 Å². The first kappa shape index (κ1) is 14.1. The van der Waals surface area contributed by atoms with Gasteiger partial charge in [0, 0.05) is 13.1 Å². The maximum atomic E-state index is 12.6. The van der Waals surface area contributed by atoms with E-state index in [1.165, 1.54) is 31.2 Å². The van der Waals surface area contributed by atoms with Gasteiger partial charge in [0.25, 0.3) is 0 Å². The molecule has 0 saturated carbocycles. The van der Waals surface area contributed by atoms with E-state index in [0.29, 0.717) is 5.56 Å². The van der Waals surface area contributed by atoms with Gasteiger partial charge in [-0.15, -0.1) is 0 Å². The van der Waals surface area contributed by atoms with Crippen molar-refractivity contribution in [2.45, 2.75) is 19.6 Å². The van der Waals surface area contributed by atoms with Crippen LogP contribution in [-0.4, -0.2) is 29.6 Å². The predicted octanol–water partition coefficient (Wildman–Crippen LogP) is -0.0611. The molecule has 98 valence electrons. The van der Waals surface area contributed by atoms with Crippen LogP contribution in [-0.2, 0) is 16.1 Å². The lowest BCUT2D eigenvalue weighted by Crippen LogP contribution is -2.42. The highest BCUT2D eigenvalue weighted by atomic mass is 19.1. The van der Waals surface area contributed by atoms with Gasteiger partial charge in [0.1, 0.15) is 5.82 Å². The second-order valence-electron chi connectivity index (χ2n) is 3.87. The van der Waals surface area contributed by atoms with Crippen molar-refractivity contribution in [2.75, 3.05) is 6.54 Å². The zero-order valence-corrected chi connectivity index (χ0v) is 9.94.